The fourth-order valence-corrected chi connectivity index (χ4v) is 5.43. The van der Waals surface area contributed by atoms with Gasteiger partial charge in [0.1, 0.15) is 0 Å². The molecule has 0 spiro atoms. The number of hydrogen-bond donors (Lipinski definition) is 0. The Kier molecular flexibility index (Phi) is 6.42. The van der Waals surface area contributed by atoms with Gasteiger partial charge in [-0.3, -0.25) is 9.78 Å². The van der Waals surface area contributed by atoms with E-state index in [1.807, 2.05) is 25.1 Å². The number of aromatic nitrogens is 1. The summed E-state index contributed by atoms with van der Waals surface area (Å²) in [6.45, 7) is 4.74. The predicted octanol–water partition coefficient (Wildman–Crippen LogP) is 4.87. The quantitative estimate of drug-likeness (QED) is 0.558. The number of likely N-dealkylation sites (tertiary alicyclic amines) is 1. The largest absolute Gasteiger partial charge is 0.338 e. The first-order chi connectivity index (χ1) is 15.4. The fourth-order valence-electron chi connectivity index (χ4n) is 4.34. The molecule has 0 N–H and O–H groups in total. The van der Waals surface area contributed by atoms with Crippen LogP contribution in [0.5, 0.6) is 0 Å². The summed E-state index contributed by atoms with van der Waals surface area (Å²) in [7, 11) is -3.48. The second-order valence-corrected chi connectivity index (χ2v) is 10.5. The zero-order chi connectivity index (χ0) is 22.7. The lowest BCUT2D eigenvalue weighted by molar-refractivity contribution is 0.0702. The molecule has 3 aromatic rings. The second-order valence-electron chi connectivity index (χ2n) is 8.28. The molecule has 2 aromatic carbocycles. The summed E-state index contributed by atoms with van der Waals surface area (Å²) < 4.78 is 25.0. The van der Waals surface area contributed by atoms with Crippen LogP contribution >= 0.6 is 0 Å². The molecule has 166 valence electrons. The number of amides is 1. The van der Waals surface area contributed by atoms with E-state index in [1.165, 1.54) is 6.07 Å². The van der Waals surface area contributed by atoms with E-state index in [1.54, 1.807) is 30.0 Å². The van der Waals surface area contributed by atoms with Gasteiger partial charge in [-0.2, -0.15) is 0 Å². The average Bonchev–Trinajstić information content (AvgIpc) is 2.84. The summed E-state index contributed by atoms with van der Waals surface area (Å²) in [5.74, 6) is -0.140. The number of piperidine rings is 1. The number of rotatable bonds is 5. The van der Waals surface area contributed by atoms with Crippen LogP contribution in [0.3, 0.4) is 0 Å². The Morgan fingerprint density at radius 3 is 2.50 bits per heavy atom. The summed E-state index contributed by atoms with van der Waals surface area (Å²) in [5, 5.41) is 0. The summed E-state index contributed by atoms with van der Waals surface area (Å²) in [4.78, 5) is 20.0. The molecule has 2 heterocycles. The van der Waals surface area contributed by atoms with Crippen LogP contribution in [0, 0.1) is 6.92 Å². The number of carbonyl (C=O) groups is 1. The van der Waals surface area contributed by atoms with Gasteiger partial charge in [0.25, 0.3) is 5.91 Å². The van der Waals surface area contributed by atoms with Gasteiger partial charge >= 0.3 is 0 Å². The van der Waals surface area contributed by atoms with E-state index < -0.39 is 9.84 Å². The van der Waals surface area contributed by atoms with Crippen molar-refractivity contribution in [1.29, 1.82) is 0 Å². The average molecular weight is 449 g/mol. The molecular formula is C26H28N2O3S. The van der Waals surface area contributed by atoms with Gasteiger partial charge in [-0.15, -0.1) is 0 Å². The van der Waals surface area contributed by atoms with E-state index >= 15 is 0 Å². The van der Waals surface area contributed by atoms with Crippen LogP contribution in [-0.2, 0) is 9.84 Å². The molecule has 32 heavy (non-hydrogen) atoms. The van der Waals surface area contributed by atoms with Crippen LogP contribution in [0.15, 0.2) is 71.6 Å². The van der Waals surface area contributed by atoms with Gasteiger partial charge in [-0.1, -0.05) is 49.4 Å². The first kappa shape index (κ1) is 22.2. The second kappa shape index (κ2) is 9.25. The Hall–Kier alpha value is -2.99. The molecule has 0 bridgehead atoms. The third-order valence-corrected chi connectivity index (χ3v) is 7.83. The fraction of sp³-hybridized carbons (Fsp3) is 0.308. The van der Waals surface area contributed by atoms with Crippen molar-refractivity contribution in [3.63, 3.8) is 0 Å². The number of benzene rings is 2. The molecule has 1 atom stereocenters. The van der Waals surface area contributed by atoms with Crippen LogP contribution in [0.25, 0.3) is 11.1 Å². The maximum Gasteiger partial charge on any atom is 0.255 e. The number of carbonyl (C=O) groups excluding carboxylic acids is 1. The molecule has 1 aliphatic rings. The molecule has 4 rings (SSSR count). The van der Waals surface area contributed by atoms with Crippen molar-refractivity contribution >= 4 is 15.7 Å². The number of nitrogens with zero attached hydrogens (tertiary/aromatic N) is 2. The third-order valence-electron chi connectivity index (χ3n) is 6.04. The van der Waals surface area contributed by atoms with Gasteiger partial charge in [-0.05, 0) is 55.2 Å². The molecule has 0 aliphatic carbocycles. The maximum atomic E-state index is 13.4. The third kappa shape index (κ3) is 4.60. The molecular weight excluding hydrogens is 420 g/mol. The van der Waals surface area contributed by atoms with Gasteiger partial charge in [0.2, 0.25) is 0 Å². The van der Waals surface area contributed by atoms with Crippen LogP contribution in [-0.4, -0.2) is 43.1 Å². The van der Waals surface area contributed by atoms with Crippen molar-refractivity contribution in [1.82, 2.24) is 9.88 Å². The highest BCUT2D eigenvalue weighted by molar-refractivity contribution is 7.91. The monoisotopic (exact) mass is 448 g/mol. The minimum Gasteiger partial charge on any atom is -0.338 e. The Morgan fingerprint density at radius 2 is 1.75 bits per heavy atom. The number of aryl methyl sites for hydroxylation is 1. The van der Waals surface area contributed by atoms with Crippen molar-refractivity contribution in [3.05, 3.63) is 83.7 Å². The van der Waals surface area contributed by atoms with E-state index in [9.17, 15) is 13.2 Å². The summed E-state index contributed by atoms with van der Waals surface area (Å²) >= 11 is 0. The summed E-state index contributed by atoms with van der Waals surface area (Å²) in [6, 6.07) is 20.9. The Labute approximate surface area is 190 Å². The molecule has 1 aliphatic heterocycles. The molecule has 5 nitrogen and oxygen atoms in total. The SMILES string of the molecule is CCS(=O)(=O)c1ccccc1C(=O)N1CCC[C@H](c2cc(-c3ccccc3)cc(C)n2)C1. The zero-order valence-electron chi connectivity index (χ0n) is 18.5. The zero-order valence-corrected chi connectivity index (χ0v) is 19.3. The first-order valence-electron chi connectivity index (χ1n) is 11.0. The van der Waals surface area contributed by atoms with Crippen LogP contribution < -0.4 is 0 Å². The van der Waals surface area contributed by atoms with Crippen molar-refractivity contribution < 1.29 is 13.2 Å². The van der Waals surface area contributed by atoms with Crippen molar-refractivity contribution in [2.45, 2.75) is 37.5 Å². The van der Waals surface area contributed by atoms with Crippen LogP contribution in [0.4, 0.5) is 0 Å². The molecule has 0 unspecified atom stereocenters. The minimum absolute atomic E-state index is 0.0323. The number of sulfone groups is 1. The van der Waals surface area contributed by atoms with E-state index in [4.69, 9.17) is 4.98 Å². The smallest absolute Gasteiger partial charge is 0.255 e. The van der Waals surface area contributed by atoms with Crippen LogP contribution in [0.1, 0.15) is 47.4 Å². The lowest BCUT2D eigenvalue weighted by atomic mass is 9.92. The van der Waals surface area contributed by atoms with E-state index in [0.29, 0.717) is 13.1 Å². The van der Waals surface area contributed by atoms with E-state index in [-0.39, 0.29) is 28.0 Å². The van der Waals surface area contributed by atoms with Crippen molar-refractivity contribution in [2.75, 3.05) is 18.8 Å². The first-order valence-corrected chi connectivity index (χ1v) is 12.7. The Bertz CT molecular complexity index is 1220. The highest BCUT2D eigenvalue weighted by Crippen LogP contribution is 2.31. The lowest BCUT2D eigenvalue weighted by Crippen LogP contribution is -2.40. The van der Waals surface area contributed by atoms with E-state index in [2.05, 4.69) is 24.3 Å². The molecule has 1 amide bonds. The lowest BCUT2D eigenvalue weighted by Gasteiger charge is -2.33. The van der Waals surface area contributed by atoms with Gasteiger partial charge < -0.3 is 4.90 Å². The van der Waals surface area contributed by atoms with Crippen LogP contribution in [0.2, 0.25) is 0 Å². The summed E-state index contributed by atoms with van der Waals surface area (Å²) in [6.07, 6.45) is 1.80. The summed E-state index contributed by atoms with van der Waals surface area (Å²) in [5.41, 5.74) is 4.45. The topological polar surface area (TPSA) is 67.3 Å². The van der Waals surface area contributed by atoms with Gasteiger partial charge in [0, 0.05) is 30.4 Å². The molecule has 1 aromatic heterocycles. The van der Waals surface area contributed by atoms with E-state index in [0.717, 1.165) is 35.4 Å². The Balaban J connectivity index is 1.62. The highest BCUT2D eigenvalue weighted by Gasteiger charge is 2.29. The number of pyridine rings is 1. The standard InChI is InChI=1S/C26H28N2O3S/c1-3-32(30,31)25-14-8-7-13-23(25)26(29)28-15-9-12-21(18-28)24-17-22(16-19(2)27-24)20-10-5-4-6-11-20/h4-8,10-11,13-14,16-17,21H,3,9,12,15,18H2,1-2H3/t21-/m0/s1. The highest BCUT2D eigenvalue weighted by atomic mass is 32.2. The van der Waals surface area contributed by atoms with Crippen molar-refractivity contribution in [3.8, 4) is 11.1 Å². The van der Waals surface area contributed by atoms with Crippen molar-refractivity contribution in [2.24, 2.45) is 0 Å². The van der Waals surface area contributed by atoms with Gasteiger partial charge in [0.15, 0.2) is 9.84 Å². The molecule has 6 heteroatoms. The molecule has 0 saturated carbocycles. The number of hydrogen-bond acceptors (Lipinski definition) is 4. The van der Waals surface area contributed by atoms with Gasteiger partial charge in [0.05, 0.1) is 16.2 Å². The molecule has 1 fully saturated rings. The van der Waals surface area contributed by atoms with Gasteiger partial charge in [-0.25, -0.2) is 8.42 Å². The predicted molar refractivity (Wildman–Crippen MR) is 126 cm³/mol. The molecule has 0 radical (unpaired) electrons. The normalized spacial score (nSPS) is 16.7. The molecule has 1 saturated heterocycles. The Morgan fingerprint density at radius 1 is 1.03 bits per heavy atom. The maximum absolute atomic E-state index is 13.4. The minimum atomic E-state index is -3.48.